The zero-order chi connectivity index (χ0) is 10.8. The number of aliphatic hydroxyl groups excluding tert-OH is 1. The van der Waals surface area contributed by atoms with Crippen LogP contribution < -0.4 is 4.90 Å². The molecule has 1 atom stereocenters. The smallest absolute Gasteiger partial charge is 0.223 e. The van der Waals surface area contributed by atoms with E-state index >= 15 is 0 Å². The molecule has 0 spiro atoms. The Bertz CT molecular complexity index is 376. The van der Waals surface area contributed by atoms with E-state index in [-0.39, 0.29) is 18.4 Å². The molecule has 1 N–H and O–H groups in total. The van der Waals surface area contributed by atoms with E-state index in [0.717, 1.165) is 12.1 Å². The van der Waals surface area contributed by atoms with E-state index in [1.165, 1.54) is 5.56 Å². The molecule has 1 unspecified atom stereocenters. The largest absolute Gasteiger partial charge is 0.396 e. The lowest BCUT2D eigenvalue weighted by Crippen LogP contribution is -2.27. The van der Waals surface area contributed by atoms with Crippen LogP contribution in [0.1, 0.15) is 24.8 Å². The van der Waals surface area contributed by atoms with E-state index in [1.807, 2.05) is 24.3 Å². The van der Waals surface area contributed by atoms with Crippen LogP contribution in [0.4, 0.5) is 5.69 Å². The third-order valence-electron chi connectivity index (χ3n) is 2.93. The predicted octanol–water partition coefficient (Wildman–Crippen LogP) is 1.52. The van der Waals surface area contributed by atoms with Gasteiger partial charge in [-0.15, -0.1) is 0 Å². The topological polar surface area (TPSA) is 40.5 Å². The second kappa shape index (κ2) is 4.03. The molecular weight excluding hydrogens is 190 g/mol. The van der Waals surface area contributed by atoms with Crippen molar-refractivity contribution in [3.63, 3.8) is 0 Å². The van der Waals surface area contributed by atoms with Gasteiger partial charge < -0.3 is 10.0 Å². The van der Waals surface area contributed by atoms with Gasteiger partial charge in [0.1, 0.15) is 0 Å². The summed E-state index contributed by atoms with van der Waals surface area (Å²) < 4.78 is 0. The summed E-state index contributed by atoms with van der Waals surface area (Å²) >= 11 is 0. The molecule has 1 heterocycles. The first kappa shape index (κ1) is 10.2. The molecule has 15 heavy (non-hydrogen) atoms. The summed E-state index contributed by atoms with van der Waals surface area (Å²) in [5.41, 5.74) is 2.19. The third-order valence-corrected chi connectivity index (χ3v) is 2.93. The molecule has 0 fully saturated rings. The Morgan fingerprint density at radius 2 is 2.27 bits per heavy atom. The van der Waals surface area contributed by atoms with E-state index in [2.05, 4.69) is 0 Å². The molecule has 1 aliphatic heterocycles. The minimum atomic E-state index is 0.0721. The van der Waals surface area contributed by atoms with Gasteiger partial charge >= 0.3 is 0 Å². The first-order chi connectivity index (χ1) is 7.24. The van der Waals surface area contributed by atoms with Crippen molar-refractivity contribution in [2.75, 3.05) is 18.1 Å². The summed E-state index contributed by atoms with van der Waals surface area (Å²) in [5.74, 6) is 0.359. The molecule has 0 aromatic heterocycles. The number of hydrogen-bond acceptors (Lipinski definition) is 2. The van der Waals surface area contributed by atoms with E-state index < -0.39 is 0 Å². The third kappa shape index (κ3) is 1.75. The number of hydrogen-bond donors (Lipinski definition) is 1. The van der Waals surface area contributed by atoms with Crippen molar-refractivity contribution in [2.45, 2.75) is 19.3 Å². The van der Waals surface area contributed by atoms with Gasteiger partial charge in [-0.05, 0) is 18.1 Å². The van der Waals surface area contributed by atoms with Crippen molar-refractivity contribution in [3.8, 4) is 0 Å². The number of amides is 1. The molecule has 3 heteroatoms. The number of fused-ring (bicyclic) bond motifs is 1. The van der Waals surface area contributed by atoms with Gasteiger partial charge in [0.15, 0.2) is 0 Å². The Balaban J connectivity index is 2.35. The number of rotatable bonds is 2. The van der Waals surface area contributed by atoms with Crippen LogP contribution in [0.25, 0.3) is 0 Å². The monoisotopic (exact) mass is 205 g/mol. The summed E-state index contributed by atoms with van der Waals surface area (Å²) in [6.45, 7) is 2.46. The van der Waals surface area contributed by atoms with Crippen LogP contribution in [0.2, 0.25) is 0 Å². The number of carbonyl (C=O) groups is 1. The van der Waals surface area contributed by atoms with Crippen LogP contribution in [-0.2, 0) is 4.79 Å². The summed E-state index contributed by atoms with van der Waals surface area (Å²) in [4.78, 5) is 13.2. The van der Waals surface area contributed by atoms with Gasteiger partial charge in [-0.3, -0.25) is 4.79 Å². The summed E-state index contributed by atoms with van der Waals surface area (Å²) in [7, 11) is 0. The highest BCUT2D eigenvalue weighted by Crippen LogP contribution is 2.37. The lowest BCUT2D eigenvalue weighted by molar-refractivity contribution is -0.116. The molecule has 2 rings (SSSR count). The Labute approximate surface area is 89.3 Å². The van der Waals surface area contributed by atoms with Crippen LogP contribution >= 0.6 is 0 Å². The highest BCUT2D eigenvalue weighted by Gasteiger charge is 2.29. The van der Waals surface area contributed by atoms with Gasteiger partial charge in [-0.25, -0.2) is 0 Å². The normalized spacial score (nSPS) is 19.1. The maximum Gasteiger partial charge on any atom is 0.223 e. The van der Waals surface area contributed by atoms with E-state index in [9.17, 15) is 4.79 Å². The fourth-order valence-corrected chi connectivity index (χ4v) is 2.20. The zero-order valence-corrected chi connectivity index (χ0v) is 8.81. The molecule has 0 saturated carbocycles. The molecule has 3 nitrogen and oxygen atoms in total. The number of carbonyl (C=O) groups excluding carboxylic acids is 1. The maximum absolute atomic E-state index is 11.4. The Kier molecular flexibility index (Phi) is 2.73. The van der Waals surface area contributed by atoms with Crippen molar-refractivity contribution in [1.82, 2.24) is 0 Å². The van der Waals surface area contributed by atoms with Crippen molar-refractivity contribution in [2.24, 2.45) is 0 Å². The second-order valence-corrected chi connectivity index (χ2v) is 3.90. The van der Waals surface area contributed by atoms with Crippen LogP contribution in [0.5, 0.6) is 0 Å². The first-order valence-corrected chi connectivity index (χ1v) is 5.22. The fraction of sp³-hybridized carbons (Fsp3) is 0.417. The molecule has 1 amide bonds. The molecule has 1 aromatic carbocycles. The number of anilines is 1. The predicted molar refractivity (Wildman–Crippen MR) is 58.9 cm³/mol. The van der Waals surface area contributed by atoms with E-state index in [4.69, 9.17) is 5.11 Å². The van der Waals surface area contributed by atoms with Gasteiger partial charge in [0, 0.05) is 31.7 Å². The van der Waals surface area contributed by atoms with Gasteiger partial charge in [-0.2, -0.15) is 0 Å². The lowest BCUT2D eigenvalue weighted by Gasteiger charge is -2.14. The van der Waals surface area contributed by atoms with Gasteiger partial charge in [0.2, 0.25) is 5.91 Å². The van der Waals surface area contributed by atoms with Gasteiger partial charge in [0.05, 0.1) is 0 Å². The molecule has 0 radical (unpaired) electrons. The van der Waals surface area contributed by atoms with Crippen molar-refractivity contribution < 1.29 is 9.90 Å². The number of para-hydroxylation sites is 1. The van der Waals surface area contributed by atoms with E-state index in [1.54, 1.807) is 11.8 Å². The quantitative estimate of drug-likeness (QED) is 0.795. The maximum atomic E-state index is 11.4. The standard InChI is InChI=1S/C12H15NO2/c1-9(15)13-8-10(6-7-14)11-4-2-3-5-12(11)13/h2-5,10,14H,6-8H2,1H3. The Morgan fingerprint density at radius 3 is 2.93 bits per heavy atom. The minimum absolute atomic E-state index is 0.0721. The molecule has 80 valence electrons. The fourth-order valence-electron chi connectivity index (χ4n) is 2.20. The summed E-state index contributed by atoms with van der Waals surface area (Å²) in [6.07, 6.45) is 0.723. The van der Waals surface area contributed by atoms with Gasteiger partial charge in [-0.1, -0.05) is 18.2 Å². The highest BCUT2D eigenvalue weighted by atomic mass is 16.3. The SMILES string of the molecule is CC(=O)N1CC(CCO)c2ccccc21. The van der Waals surface area contributed by atoms with Crippen molar-refractivity contribution >= 4 is 11.6 Å². The molecule has 1 aromatic rings. The molecule has 0 aliphatic carbocycles. The van der Waals surface area contributed by atoms with Crippen LogP contribution in [0.15, 0.2) is 24.3 Å². The molecule has 1 aliphatic rings. The molecule has 0 saturated heterocycles. The van der Waals surface area contributed by atoms with Crippen LogP contribution in [-0.4, -0.2) is 24.2 Å². The molecular formula is C12H15NO2. The first-order valence-electron chi connectivity index (χ1n) is 5.22. The number of aliphatic hydroxyl groups is 1. The van der Waals surface area contributed by atoms with Crippen molar-refractivity contribution in [3.05, 3.63) is 29.8 Å². The zero-order valence-electron chi connectivity index (χ0n) is 8.81. The van der Waals surface area contributed by atoms with Crippen LogP contribution in [0.3, 0.4) is 0 Å². The Morgan fingerprint density at radius 1 is 1.53 bits per heavy atom. The van der Waals surface area contributed by atoms with Crippen LogP contribution in [0, 0.1) is 0 Å². The Hall–Kier alpha value is -1.35. The average molecular weight is 205 g/mol. The summed E-state index contributed by atoms with van der Waals surface area (Å²) in [5, 5.41) is 8.97. The second-order valence-electron chi connectivity index (χ2n) is 3.90. The molecule has 0 bridgehead atoms. The van der Waals surface area contributed by atoms with E-state index in [0.29, 0.717) is 6.54 Å². The number of nitrogens with zero attached hydrogens (tertiary/aromatic N) is 1. The van der Waals surface area contributed by atoms with Crippen molar-refractivity contribution in [1.29, 1.82) is 0 Å². The minimum Gasteiger partial charge on any atom is -0.396 e. The van der Waals surface area contributed by atoms with Gasteiger partial charge in [0.25, 0.3) is 0 Å². The number of benzene rings is 1. The lowest BCUT2D eigenvalue weighted by atomic mass is 9.99. The average Bonchev–Trinajstić information content (AvgIpc) is 2.59. The summed E-state index contributed by atoms with van der Waals surface area (Å²) in [6, 6.07) is 7.93. The highest BCUT2D eigenvalue weighted by molar-refractivity contribution is 5.94.